The van der Waals surface area contributed by atoms with Crippen molar-refractivity contribution < 1.29 is 9.53 Å². The number of hydrogen-bond donors (Lipinski definition) is 0. The van der Waals surface area contributed by atoms with Gasteiger partial charge in [0.05, 0.1) is 13.0 Å². The standard InChI is InChI=1S/C10H18O2/c1-4-6-9(3)8-10(11)12-7-5-2/h6H,4-5,7-8H2,1-3H3. The van der Waals surface area contributed by atoms with Crippen LogP contribution < -0.4 is 0 Å². The first kappa shape index (κ1) is 11.2. The van der Waals surface area contributed by atoms with E-state index in [1.807, 2.05) is 19.9 Å². The fraction of sp³-hybridized carbons (Fsp3) is 0.700. The van der Waals surface area contributed by atoms with Gasteiger partial charge in [0.25, 0.3) is 0 Å². The molecule has 0 saturated heterocycles. The van der Waals surface area contributed by atoms with Crippen molar-refractivity contribution in [2.24, 2.45) is 0 Å². The lowest BCUT2D eigenvalue weighted by molar-refractivity contribution is -0.142. The highest BCUT2D eigenvalue weighted by atomic mass is 16.5. The number of esters is 1. The molecule has 12 heavy (non-hydrogen) atoms. The van der Waals surface area contributed by atoms with Crippen molar-refractivity contribution in [3.63, 3.8) is 0 Å². The van der Waals surface area contributed by atoms with Crippen molar-refractivity contribution in [1.29, 1.82) is 0 Å². The molecule has 0 heterocycles. The lowest BCUT2D eigenvalue weighted by Gasteiger charge is -2.02. The van der Waals surface area contributed by atoms with Gasteiger partial charge in [-0.05, 0) is 19.8 Å². The molecule has 0 aliphatic heterocycles. The molecular weight excluding hydrogens is 152 g/mol. The maximum atomic E-state index is 11.0. The Morgan fingerprint density at radius 1 is 1.42 bits per heavy atom. The van der Waals surface area contributed by atoms with Crippen molar-refractivity contribution in [3.8, 4) is 0 Å². The van der Waals surface area contributed by atoms with Gasteiger partial charge in [-0.1, -0.05) is 25.5 Å². The molecular formula is C10H18O2. The highest BCUT2D eigenvalue weighted by molar-refractivity contribution is 5.72. The maximum Gasteiger partial charge on any atom is 0.309 e. The van der Waals surface area contributed by atoms with E-state index in [9.17, 15) is 4.79 Å². The van der Waals surface area contributed by atoms with Crippen LogP contribution in [0, 0.1) is 0 Å². The Morgan fingerprint density at radius 3 is 2.58 bits per heavy atom. The van der Waals surface area contributed by atoms with Crippen LogP contribution in [-0.2, 0) is 9.53 Å². The van der Waals surface area contributed by atoms with Gasteiger partial charge >= 0.3 is 5.97 Å². The monoisotopic (exact) mass is 170 g/mol. The maximum absolute atomic E-state index is 11.0. The summed E-state index contributed by atoms with van der Waals surface area (Å²) < 4.78 is 4.93. The minimum absolute atomic E-state index is 0.112. The summed E-state index contributed by atoms with van der Waals surface area (Å²) in [5.74, 6) is -0.112. The summed E-state index contributed by atoms with van der Waals surface area (Å²) in [6.07, 6.45) is 4.36. The summed E-state index contributed by atoms with van der Waals surface area (Å²) in [4.78, 5) is 11.0. The highest BCUT2D eigenvalue weighted by Gasteiger charge is 2.01. The second-order valence-corrected chi connectivity index (χ2v) is 2.86. The van der Waals surface area contributed by atoms with Gasteiger partial charge in [0.2, 0.25) is 0 Å². The van der Waals surface area contributed by atoms with E-state index in [2.05, 4.69) is 6.92 Å². The molecule has 0 aliphatic rings. The Morgan fingerprint density at radius 2 is 2.08 bits per heavy atom. The van der Waals surface area contributed by atoms with Gasteiger partial charge < -0.3 is 4.74 Å². The van der Waals surface area contributed by atoms with Crippen LogP contribution in [0.4, 0.5) is 0 Å². The molecule has 0 bridgehead atoms. The molecule has 0 aromatic carbocycles. The van der Waals surface area contributed by atoms with Gasteiger partial charge in [-0.15, -0.1) is 0 Å². The van der Waals surface area contributed by atoms with Crippen LogP contribution in [0.25, 0.3) is 0 Å². The van der Waals surface area contributed by atoms with Crippen LogP contribution in [0.3, 0.4) is 0 Å². The van der Waals surface area contributed by atoms with Gasteiger partial charge in [0, 0.05) is 0 Å². The van der Waals surface area contributed by atoms with Gasteiger partial charge in [0.1, 0.15) is 0 Å². The summed E-state index contributed by atoms with van der Waals surface area (Å²) in [6, 6.07) is 0. The highest BCUT2D eigenvalue weighted by Crippen LogP contribution is 2.02. The molecule has 0 radical (unpaired) electrons. The first-order valence-electron chi connectivity index (χ1n) is 4.52. The largest absolute Gasteiger partial charge is 0.465 e. The zero-order chi connectivity index (χ0) is 9.40. The summed E-state index contributed by atoms with van der Waals surface area (Å²) in [5, 5.41) is 0. The Kier molecular flexibility index (Phi) is 6.44. The number of carbonyl (C=O) groups is 1. The molecule has 0 aliphatic carbocycles. The molecule has 0 aromatic heterocycles. The predicted octanol–water partition coefficient (Wildman–Crippen LogP) is 2.69. The lowest BCUT2D eigenvalue weighted by atomic mass is 10.2. The van der Waals surface area contributed by atoms with E-state index in [0.29, 0.717) is 13.0 Å². The Balaban J connectivity index is 3.61. The predicted molar refractivity (Wildman–Crippen MR) is 49.9 cm³/mol. The average Bonchev–Trinajstić information content (AvgIpc) is 2.01. The van der Waals surface area contributed by atoms with Gasteiger partial charge in [-0.3, -0.25) is 4.79 Å². The fourth-order valence-electron chi connectivity index (χ4n) is 0.915. The van der Waals surface area contributed by atoms with E-state index in [1.165, 1.54) is 0 Å². The zero-order valence-corrected chi connectivity index (χ0v) is 8.22. The van der Waals surface area contributed by atoms with Crippen molar-refractivity contribution in [1.82, 2.24) is 0 Å². The van der Waals surface area contributed by atoms with Crippen LogP contribution in [0.5, 0.6) is 0 Å². The van der Waals surface area contributed by atoms with Crippen molar-refractivity contribution in [3.05, 3.63) is 11.6 Å². The molecule has 0 unspecified atom stereocenters. The molecule has 0 aromatic rings. The third kappa shape index (κ3) is 5.96. The van der Waals surface area contributed by atoms with Gasteiger partial charge in [-0.25, -0.2) is 0 Å². The molecule has 2 heteroatoms. The summed E-state index contributed by atoms with van der Waals surface area (Å²) >= 11 is 0. The molecule has 0 amide bonds. The van der Waals surface area contributed by atoms with E-state index in [1.54, 1.807) is 0 Å². The first-order valence-corrected chi connectivity index (χ1v) is 4.52. The Bertz CT molecular complexity index is 159. The normalized spacial score (nSPS) is 11.4. The number of rotatable bonds is 5. The zero-order valence-electron chi connectivity index (χ0n) is 8.22. The molecule has 0 N–H and O–H groups in total. The van der Waals surface area contributed by atoms with E-state index in [4.69, 9.17) is 4.74 Å². The number of allylic oxidation sites excluding steroid dienone is 1. The van der Waals surface area contributed by atoms with E-state index in [-0.39, 0.29) is 5.97 Å². The average molecular weight is 170 g/mol. The van der Waals surface area contributed by atoms with Crippen LogP contribution in [0.1, 0.15) is 40.0 Å². The van der Waals surface area contributed by atoms with Crippen LogP contribution in [0.2, 0.25) is 0 Å². The van der Waals surface area contributed by atoms with Crippen LogP contribution in [-0.4, -0.2) is 12.6 Å². The Hall–Kier alpha value is -0.790. The van der Waals surface area contributed by atoms with E-state index >= 15 is 0 Å². The van der Waals surface area contributed by atoms with Crippen LogP contribution >= 0.6 is 0 Å². The van der Waals surface area contributed by atoms with Gasteiger partial charge in [0.15, 0.2) is 0 Å². The molecule has 0 rings (SSSR count). The SMILES string of the molecule is CCC=C(C)CC(=O)OCCC. The molecule has 0 atom stereocenters. The molecule has 2 nitrogen and oxygen atoms in total. The minimum Gasteiger partial charge on any atom is -0.465 e. The second kappa shape index (κ2) is 6.89. The number of ether oxygens (including phenoxy) is 1. The van der Waals surface area contributed by atoms with Gasteiger partial charge in [-0.2, -0.15) is 0 Å². The molecule has 0 saturated carbocycles. The fourth-order valence-corrected chi connectivity index (χ4v) is 0.915. The third-order valence-electron chi connectivity index (χ3n) is 1.44. The summed E-state index contributed by atoms with van der Waals surface area (Å²) in [7, 11) is 0. The second-order valence-electron chi connectivity index (χ2n) is 2.86. The van der Waals surface area contributed by atoms with Crippen molar-refractivity contribution in [2.45, 2.75) is 40.0 Å². The van der Waals surface area contributed by atoms with Crippen molar-refractivity contribution in [2.75, 3.05) is 6.61 Å². The van der Waals surface area contributed by atoms with Crippen LogP contribution in [0.15, 0.2) is 11.6 Å². The Labute approximate surface area is 74.6 Å². The molecule has 0 fully saturated rings. The third-order valence-corrected chi connectivity index (χ3v) is 1.44. The molecule has 0 spiro atoms. The number of carbonyl (C=O) groups excluding carboxylic acids is 1. The van der Waals surface area contributed by atoms with E-state index in [0.717, 1.165) is 18.4 Å². The summed E-state index contributed by atoms with van der Waals surface area (Å²) in [5.41, 5.74) is 1.10. The minimum atomic E-state index is -0.112. The smallest absolute Gasteiger partial charge is 0.309 e. The molecule has 70 valence electrons. The number of hydrogen-bond acceptors (Lipinski definition) is 2. The summed E-state index contributed by atoms with van der Waals surface area (Å²) in [6.45, 7) is 6.54. The quantitative estimate of drug-likeness (QED) is 0.468. The lowest BCUT2D eigenvalue weighted by Crippen LogP contribution is -2.05. The topological polar surface area (TPSA) is 26.3 Å². The van der Waals surface area contributed by atoms with E-state index < -0.39 is 0 Å². The first-order chi connectivity index (χ1) is 5.70. The van der Waals surface area contributed by atoms with Crippen molar-refractivity contribution >= 4 is 5.97 Å².